The molecule has 2 bridgehead atoms. The summed E-state index contributed by atoms with van der Waals surface area (Å²) in [6.45, 7) is 10.8. The molecule has 0 spiro atoms. The fourth-order valence-corrected chi connectivity index (χ4v) is 10.1. The van der Waals surface area contributed by atoms with Gasteiger partial charge in [0.15, 0.2) is 0 Å². The average Bonchev–Trinajstić information content (AvgIpc) is 3.41. The van der Waals surface area contributed by atoms with Gasteiger partial charge in [0, 0.05) is 71.3 Å². The van der Waals surface area contributed by atoms with E-state index in [0.717, 1.165) is 40.0 Å². The summed E-state index contributed by atoms with van der Waals surface area (Å²) in [5, 5.41) is 19.7. The number of β-amino-alcohol motifs (C(OH)–C–C–N with tert-alkyl or cyclic N) is 1. The number of carbonyl (C=O) groups excluding carboxylic acids is 1. The first-order valence-electron chi connectivity index (χ1n) is 19.1. The standard InChI is InChI=1S/C42H49Cl2N7O3/c1-22-29-7-6-8-33(37(29)39(50-20-28(52)21-50)38(22)47-34-16-25-15-31(23(34)2)42(25,3)4)46-27-11-12-30-35(18-27)48-41(49(5)36(53)19-45)51(40(30)54)14-13-24-9-10-26(43)17-32(24)44/h6-12,17-18,22-23,25,28,31,34,46-47,52H,13-16,19-21,45H2,1-5H3/t22?,23-,25-,31+,34-/m0/s1. The number of nitrogens with two attached hydrogens (primary N) is 1. The molecule has 1 aliphatic heterocycles. The monoisotopic (exact) mass is 769 g/mol. The van der Waals surface area contributed by atoms with Crippen molar-refractivity contribution < 1.29 is 9.90 Å². The molecular weight excluding hydrogens is 721 g/mol. The maximum absolute atomic E-state index is 14.1. The summed E-state index contributed by atoms with van der Waals surface area (Å²) >= 11 is 12.6. The zero-order chi connectivity index (χ0) is 38.2. The number of aliphatic hydroxyl groups is 1. The lowest BCUT2D eigenvalue weighted by Crippen LogP contribution is -2.60. The summed E-state index contributed by atoms with van der Waals surface area (Å²) < 4.78 is 1.50. The van der Waals surface area contributed by atoms with Gasteiger partial charge >= 0.3 is 0 Å². The van der Waals surface area contributed by atoms with Crippen molar-refractivity contribution in [2.75, 3.05) is 36.9 Å². The molecule has 5 atom stereocenters. The first-order chi connectivity index (χ1) is 25.8. The molecule has 4 aromatic rings. The predicted molar refractivity (Wildman–Crippen MR) is 217 cm³/mol. The van der Waals surface area contributed by atoms with Crippen LogP contribution in [0.3, 0.4) is 0 Å². The number of likely N-dealkylation sites (tertiary alicyclic amines) is 1. The van der Waals surface area contributed by atoms with Gasteiger partial charge in [-0.15, -0.1) is 0 Å². The SMILES string of the molecule is CC1C(N[C@H]2C[C@@H]3C[C@H]([C@@H]2C)C3(C)C)=C(N2CC(O)C2)c2c(Nc3ccc4c(=O)n(CCc5ccc(Cl)cc5Cl)c(N(C)C(=O)CN)nc4c3)cccc21. The average molecular weight is 771 g/mol. The molecule has 1 saturated heterocycles. The number of halogens is 2. The van der Waals surface area contributed by atoms with Crippen LogP contribution in [-0.2, 0) is 17.8 Å². The van der Waals surface area contributed by atoms with Gasteiger partial charge in [-0.25, -0.2) is 4.98 Å². The summed E-state index contributed by atoms with van der Waals surface area (Å²) in [6, 6.07) is 17.6. The maximum atomic E-state index is 14.1. The molecule has 3 saturated carbocycles. The molecule has 5 aliphatic rings. The Bertz CT molecular complexity index is 2250. The van der Waals surface area contributed by atoms with Crippen molar-refractivity contribution in [3.8, 4) is 0 Å². The topological polar surface area (TPSA) is 129 Å². The number of aliphatic hydroxyl groups excluding tert-OH is 1. The number of carbonyl (C=O) groups is 1. The van der Waals surface area contributed by atoms with Crippen LogP contribution in [0.25, 0.3) is 16.6 Å². The van der Waals surface area contributed by atoms with Crippen LogP contribution >= 0.6 is 23.2 Å². The maximum Gasteiger partial charge on any atom is 0.262 e. The van der Waals surface area contributed by atoms with E-state index in [-0.39, 0.29) is 42.5 Å². The molecule has 4 fully saturated rings. The minimum atomic E-state index is -0.369. The molecule has 12 heteroatoms. The number of likely N-dealkylation sites (N-methyl/N-ethyl adjacent to an activating group) is 1. The number of nitrogens with one attached hydrogen (secondary N) is 2. The van der Waals surface area contributed by atoms with Gasteiger partial charge in [0.05, 0.1) is 29.2 Å². The molecule has 4 aliphatic carbocycles. The van der Waals surface area contributed by atoms with E-state index in [9.17, 15) is 14.7 Å². The highest BCUT2D eigenvalue weighted by Gasteiger charge is 2.56. The quantitative estimate of drug-likeness (QED) is 0.140. The number of fused-ring (bicyclic) bond motifs is 4. The highest BCUT2D eigenvalue weighted by Crippen LogP contribution is 2.61. The molecule has 3 aromatic carbocycles. The zero-order valence-electron chi connectivity index (χ0n) is 31.5. The number of benzene rings is 3. The van der Waals surface area contributed by atoms with Crippen LogP contribution in [0, 0.1) is 23.2 Å². The Kier molecular flexibility index (Phi) is 9.48. The highest BCUT2D eigenvalue weighted by molar-refractivity contribution is 6.35. The molecule has 1 amide bonds. The van der Waals surface area contributed by atoms with Crippen molar-refractivity contribution in [2.45, 2.75) is 71.6 Å². The Hall–Kier alpha value is -4.09. The number of amides is 1. The molecule has 0 radical (unpaired) electrons. The van der Waals surface area contributed by atoms with Gasteiger partial charge in [0.1, 0.15) is 0 Å². The number of hydrogen-bond acceptors (Lipinski definition) is 8. The third-order valence-electron chi connectivity index (χ3n) is 13.0. The van der Waals surface area contributed by atoms with Gasteiger partial charge in [-0.3, -0.25) is 19.1 Å². The molecule has 284 valence electrons. The number of aromatic nitrogens is 2. The molecule has 10 nitrogen and oxygen atoms in total. The fourth-order valence-electron chi connectivity index (χ4n) is 9.60. The third kappa shape index (κ3) is 6.15. The van der Waals surface area contributed by atoms with E-state index < -0.39 is 0 Å². The van der Waals surface area contributed by atoms with Gasteiger partial charge < -0.3 is 26.4 Å². The predicted octanol–water partition coefficient (Wildman–Crippen LogP) is 6.73. The second kappa shape index (κ2) is 13.9. The smallest absolute Gasteiger partial charge is 0.262 e. The minimum absolute atomic E-state index is 0.158. The molecule has 5 N–H and O–H groups in total. The van der Waals surface area contributed by atoms with E-state index in [4.69, 9.17) is 33.9 Å². The van der Waals surface area contributed by atoms with Gasteiger partial charge in [-0.2, -0.15) is 0 Å². The third-order valence-corrected chi connectivity index (χ3v) is 13.6. The van der Waals surface area contributed by atoms with Crippen LogP contribution in [0.5, 0.6) is 0 Å². The minimum Gasteiger partial charge on any atom is -0.389 e. The number of aryl methyl sites for hydroxylation is 1. The van der Waals surface area contributed by atoms with Crippen molar-refractivity contribution in [3.05, 3.63) is 97.4 Å². The number of hydrogen-bond donors (Lipinski definition) is 4. The zero-order valence-corrected chi connectivity index (χ0v) is 33.0. The van der Waals surface area contributed by atoms with Gasteiger partial charge in [0.25, 0.3) is 5.56 Å². The first kappa shape index (κ1) is 36.9. The van der Waals surface area contributed by atoms with Crippen molar-refractivity contribution >= 4 is 63.0 Å². The lowest BCUT2D eigenvalue weighted by molar-refractivity contribution is -0.117. The highest BCUT2D eigenvalue weighted by atomic mass is 35.5. The Morgan fingerprint density at radius 2 is 1.87 bits per heavy atom. The molecule has 2 heterocycles. The largest absolute Gasteiger partial charge is 0.389 e. The van der Waals surface area contributed by atoms with Gasteiger partial charge in [-0.1, -0.05) is 69.1 Å². The van der Waals surface area contributed by atoms with Crippen LogP contribution in [0.2, 0.25) is 10.0 Å². The van der Waals surface area contributed by atoms with Crippen molar-refractivity contribution in [1.29, 1.82) is 0 Å². The lowest BCUT2D eigenvalue weighted by atomic mass is 9.44. The number of rotatable bonds is 10. The Labute approximate surface area is 326 Å². The second-order valence-corrected chi connectivity index (χ2v) is 17.2. The van der Waals surface area contributed by atoms with Crippen molar-refractivity contribution in [2.24, 2.45) is 28.9 Å². The summed E-state index contributed by atoms with van der Waals surface area (Å²) in [5.41, 5.74) is 13.6. The first-order valence-corrected chi connectivity index (χ1v) is 19.8. The normalized spacial score (nSPS) is 24.2. The van der Waals surface area contributed by atoms with Crippen LogP contribution < -0.4 is 26.8 Å². The van der Waals surface area contributed by atoms with E-state index >= 15 is 0 Å². The molecule has 1 aromatic heterocycles. The molecule has 9 rings (SSSR count). The number of nitrogens with zero attached hydrogens (tertiary/aromatic N) is 4. The Morgan fingerprint density at radius 1 is 1.09 bits per heavy atom. The van der Waals surface area contributed by atoms with Crippen molar-refractivity contribution in [1.82, 2.24) is 19.8 Å². The molecular formula is C42H49Cl2N7O3. The Balaban J connectivity index is 1.14. The van der Waals surface area contributed by atoms with Gasteiger partial charge in [0.2, 0.25) is 11.9 Å². The van der Waals surface area contributed by atoms with Crippen LogP contribution in [-0.4, -0.2) is 64.3 Å². The van der Waals surface area contributed by atoms with E-state index in [1.807, 2.05) is 18.2 Å². The van der Waals surface area contributed by atoms with E-state index in [1.165, 1.54) is 33.6 Å². The molecule has 1 unspecified atom stereocenters. The molecule has 54 heavy (non-hydrogen) atoms. The second-order valence-electron chi connectivity index (χ2n) is 16.4. The summed E-state index contributed by atoms with van der Waals surface area (Å²) in [7, 11) is 1.58. The van der Waals surface area contributed by atoms with Gasteiger partial charge in [-0.05, 0) is 90.0 Å². The van der Waals surface area contributed by atoms with E-state index in [1.54, 1.807) is 25.2 Å². The fraction of sp³-hybridized carbons (Fsp3) is 0.452. The number of anilines is 3. The Morgan fingerprint density at radius 3 is 2.56 bits per heavy atom. The van der Waals surface area contributed by atoms with Crippen molar-refractivity contribution in [3.63, 3.8) is 0 Å². The van der Waals surface area contributed by atoms with Crippen LogP contribution in [0.4, 0.5) is 17.3 Å². The van der Waals surface area contributed by atoms with E-state index in [2.05, 4.69) is 61.4 Å². The van der Waals surface area contributed by atoms with Crippen LogP contribution in [0.15, 0.2) is 65.1 Å². The lowest BCUT2D eigenvalue weighted by Gasteiger charge is -2.62. The van der Waals surface area contributed by atoms with E-state index in [0.29, 0.717) is 57.8 Å². The summed E-state index contributed by atoms with van der Waals surface area (Å²) in [4.78, 5) is 35.4. The number of allylic oxidation sites excluding steroid dienone is 1. The summed E-state index contributed by atoms with van der Waals surface area (Å²) in [6.07, 6.45) is 2.58. The summed E-state index contributed by atoms with van der Waals surface area (Å²) in [5.74, 6) is 2.03. The van der Waals surface area contributed by atoms with Crippen LogP contribution in [0.1, 0.15) is 63.1 Å².